The molecule has 2 fully saturated rings. The van der Waals surface area contributed by atoms with Crippen LogP contribution >= 0.6 is 0 Å². The van der Waals surface area contributed by atoms with Crippen LogP contribution in [0.1, 0.15) is 141 Å². The maximum absolute atomic E-state index is 11.5. The van der Waals surface area contributed by atoms with Gasteiger partial charge in [-0.3, -0.25) is 9.59 Å². The Morgan fingerprint density at radius 2 is 0.925 bits per heavy atom. The molecule has 0 saturated carbocycles. The molecule has 2 aliphatic heterocycles. The third kappa shape index (κ3) is 18.1. The van der Waals surface area contributed by atoms with Gasteiger partial charge in [0.25, 0.3) is 0 Å². The van der Waals surface area contributed by atoms with Gasteiger partial charge in [-0.1, -0.05) is 62.5 Å². The molecule has 2 N–H and O–H groups in total. The third-order valence-electron chi connectivity index (χ3n) is 7.86. The first-order chi connectivity index (χ1) is 19.5. The van der Waals surface area contributed by atoms with Crippen molar-refractivity contribution in [1.29, 1.82) is 0 Å². The Balaban J connectivity index is 1.58. The highest BCUT2D eigenvalue weighted by atomic mass is 16.7. The second-order valence-electron chi connectivity index (χ2n) is 11.4. The molecular weight excluding hydrogens is 512 g/mol. The minimum Gasteiger partial charge on any atom is -0.481 e. The molecule has 2 rings (SSSR count). The van der Waals surface area contributed by atoms with Gasteiger partial charge in [0.15, 0.2) is 12.6 Å². The number of unbranched alkanes of at least 4 members (excludes halogenated alkanes) is 10. The van der Waals surface area contributed by atoms with E-state index >= 15 is 0 Å². The van der Waals surface area contributed by atoms with E-state index in [1.54, 1.807) is 0 Å². The molecule has 0 aromatic carbocycles. The van der Waals surface area contributed by atoms with Crippen molar-refractivity contribution >= 4 is 11.9 Å². The van der Waals surface area contributed by atoms with Crippen molar-refractivity contribution in [1.82, 2.24) is 0 Å². The summed E-state index contributed by atoms with van der Waals surface area (Å²) in [5, 5.41) is 18.9. The summed E-state index contributed by atoms with van der Waals surface area (Å²) in [4.78, 5) is 23.1. The van der Waals surface area contributed by atoms with Crippen LogP contribution in [0.15, 0.2) is 11.1 Å². The Kier molecular flexibility index (Phi) is 20.1. The Morgan fingerprint density at radius 1 is 0.550 bits per heavy atom. The molecule has 8 nitrogen and oxygen atoms in total. The Bertz CT molecular complexity index is 637. The fourth-order valence-corrected chi connectivity index (χ4v) is 5.56. The summed E-state index contributed by atoms with van der Waals surface area (Å²) in [6.45, 7) is 3.12. The first-order valence-electron chi connectivity index (χ1n) is 16.1. The molecule has 2 saturated heterocycles. The maximum Gasteiger partial charge on any atom is 0.307 e. The van der Waals surface area contributed by atoms with Crippen LogP contribution in [0.4, 0.5) is 0 Å². The minimum absolute atomic E-state index is 0.0140. The quantitative estimate of drug-likeness (QED) is 0.0897. The van der Waals surface area contributed by atoms with Crippen LogP contribution in [0, 0.1) is 0 Å². The average Bonchev–Trinajstić information content (AvgIpc) is 2.95. The van der Waals surface area contributed by atoms with Gasteiger partial charge in [0, 0.05) is 26.4 Å². The number of carboxylic acid groups (broad SMARTS) is 2. The van der Waals surface area contributed by atoms with E-state index < -0.39 is 11.9 Å². The van der Waals surface area contributed by atoms with E-state index in [0.29, 0.717) is 12.8 Å². The standard InChI is InChI=1S/C32H56O8/c33-29(34)25-27(17-9-5-1-3-7-13-21-37-31-19-11-15-23-39-31)28(26-30(35)36)18-10-6-2-4-8-14-22-38-32-20-12-16-24-40-32/h31-32H,1-26H2,(H,33,34)(H,35,36)/b28-27+. The zero-order chi connectivity index (χ0) is 28.7. The van der Waals surface area contributed by atoms with E-state index in [1.165, 1.54) is 12.8 Å². The molecule has 2 atom stereocenters. The number of aliphatic carboxylic acids is 2. The third-order valence-corrected chi connectivity index (χ3v) is 7.86. The van der Waals surface area contributed by atoms with Crippen LogP contribution in [0.25, 0.3) is 0 Å². The van der Waals surface area contributed by atoms with Crippen LogP contribution in [0.3, 0.4) is 0 Å². The van der Waals surface area contributed by atoms with Crippen LogP contribution in [0.5, 0.6) is 0 Å². The average molecular weight is 569 g/mol. The minimum atomic E-state index is -0.874. The number of ether oxygens (including phenoxy) is 4. The normalized spacial score (nSPS) is 20.3. The van der Waals surface area contributed by atoms with Crippen molar-refractivity contribution in [2.24, 2.45) is 0 Å². The maximum atomic E-state index is 11.5. The summed E-state index contributed by atoms with van der Waals surface area (Å²) < 4.78 is 22.8. The van der Waals surface area contributed by atoms with Gasteiger partial charge in [-0.2, -0.15) is 0 Å². The summed E-state index contributed by atoms with van der Waals surface area (Å²) in [7, 11) is 0. The number of rotatable bonds is 24. The SMILES string of the molecule is O=C(O)C/C(CCCCCCCCOC1CCCCO1)=C(\CCCCCCCCOC1CCCCO1)CC(=O)O. The fraction of sp³-hybridized carbons (Fsp3) is 0.875. The summed E-state index contributed by atoms with van der Waals surface area (Å²) in [6.07, 6.45) is 20.6. The molecule has 8 heteroatoms. The predicted molar refractivity (Wildman–Crippen MR) is 155 cm³/mol. The largest absolute Gasteiger partial charge is 0.481 e. The molecule has 0 aromatic rings. The molecule has 232 valence electrons. The van der Waals surface area contributed by atoms with Gasteiger partial charge in [-0.05, 0) is 77.0 Å². The summed E-state index contributed by atoms with van der Waals surface area (Å²) in [5.41, 5.74) is 1.66. The van der Waals surface area contributed by atoms with E-state index in [-0.39, 0.29) is 25.4 Å². The first kappa shape index (κ1) is 34.7. The summed E-state index contributed by atoms with van der Waals surface area (Å²) >= 11 is 0. The van der Waals surface area contributed by atoms with E-state index in [9.17, 15) is 19.8 Å². The Labute approximate surface area is 242 Å². The molecular formula is C32H56O8. The van der Waals surface area contributed by atoms with Crippen LogP contribution in [0.2, 0.25) is 0 Å². The van der Waals surface area contributed by atoms with Crippen molar-refractivity contribution in [2.75, 3.05) is 26.4 Å². The van der Waals surface area contributed by atoms with Crippen LogP contribution in [-0.4, -0.2) is 61.2 Å². The van der Waals surface area contributed by atoms with Crippen molar-refractivity contribution in [3.63, 3.8) is 0 Å². The number of carbonyl (C=O) groups is 2. The van der Waals surface area contributed by atoms with Gasteiger partial charge in [0.05, 0.1) is 12.8 Å². The lowest BCUT2D eigenvalue weighted by Crippen LogP contribution is -2.22. The van der Waals surface area contributed by atoms with Crippen molar-refractivity contribution < 1.29 is 38.7 Å². The zero-order valence-electron chi connectivity index (χ0n) is 24.9. The second-order valence-corrected chi connectivity index (χ2v) is 11.4. The number of carboxylic acids is 2. The highest BCUT2D eigenvalue weighted by Gasteiger charge is 2.16. The van der Waals surface area contributed by atoms with Gasteiger partial charge >= 0.3 is 11.9 Å². The Hall–Kier alpha value is -1.48. The lowest BCUT2D eigenvalue weighted by molar-refractivity contribution is -0.163. The number of hydrogen-bond acceptors (Lipinski definition) is 6. The van der Waals surface area contributed by atoms with Gasteiger partial charge in [0.2, 0.25) is 0 Å². The van der Waals surface area contributed by atoms with E-state index in [2.05, 4.69) is 0 Å². The molecule has 2 unspecified atom stereocenters. The summed E-state index contributed by atoms with van der Waals surface area (Å²) in [6, 6.07) is 0. The van der Waals surface area contributed by atoms with Gasteiger partial charge < -0.3 is 29.2 Å². The smallest absolute Gasteiger partial charge is 0.307 e. The molecule has 40 heavy (non-hydrogen) atoms. The molecule has 2 aliphatic rings. The highest BCUT2D eigenvalue weighted by molar-refractivity contribution is 5.73. The van der Waals surface area contributed by atoms with E-state index in [4.69, 9.17) is 18.9 Å². The van der Waals surface area contributed by atoms with Crippen LogP contribution in [-0.2, 0) is 28.5 Å². The van der Waals surface area contributed by atoms with E-state index in [0.717, 1.165) is 140 Å². The molecule has 0 radical (unpaired) electrons. The van der Waals surface area contributed by atoms with E-state index in [1.807, 2.05) is 0 Å². The van der Waals surface area contributed by atoms with Crippen molar-refractivity contribution in [3.8, 4) is 0 Å². The first-order valence-corrected chi connectivity index (χ1v) is 16.1. The van der Waals surface area contributed by atoms with Gasteiger partial charge in [-0.25, -0.2) is 0 Å². The highest BCUT2D eigenvalue weighted by Crippen LogP contribution is 2.25. The Morgan fingerprint density at radius 3 is 1.27 bits per heavy atom. The molecule has 0 aliphatic carbocycles. The van der Waals surface area contributed by atoms with Gasteiger partial charge in [0.1, 0.15) is 0 Å². The molecule has 0 bridgehead atoms. The monoisotopic (exact) mass is 568 g/mol. The van der Waals surface area contributed by atoms with Crippen molar-refractivity contribution in [2.45, 2.75) is 154 Å². The lowest BCUT2D eigenvalue weighted by atomic mass is 9.92. The molecule has 0 aromatic heterocycles. The fourth-order valence-electron chi connectivity index (χ4n) is 5.56. The second kappa shape index (κ2) is 23.1. The molecule has 2 heterocycles. The zero-order valence-corrected chi connectivity index (χ0v) is 24.9. The van der Waals surface area contributed by atoms with Crippen molar-refractivity contribution in [3.05, 3.63) is 11.1 Å². The van der Waals surface area contributed by atoms with Crippen LogP contribution < -0.4 is 0 Å². The predicted octanol–water partition coefficient (Wildman–Crippen LogP) is 7.78. The topological polar surface area (TPSA) is 112 Å². The molecule has 0 amide bonds. The number of hydrogen-bond donors (Lipinski definition) is 2. The summed E-state index contributed by atoms with van der Waals surface area (Å²) in [5.74, 6) is -1.75. The lowest BCUT2D eigenvalue weighted by Gasteiger charge is -2.22. The van der Waals surface area contributed by atoms with Gasteiger partial charge in [-0.15, -0.1) is 0 Å². The molecule has 0 spiro atoms.